The zero-order chi connectivity index (χ0) is 18.5. The lowest BCUT2D eigenvalue weighted by Crippen LogP contribution is -2.24. The number of nitrogens with zero attached hydrogens (tertiary/aromatic N) is 1. The van der Waals surface area contributed by atoms with Crippen LogP contribution in [0.4, 0.5) is 5.69 Å². The molecule has 0 saturated carbocycles. The van der Waals surface area contributed by atoms with Crippen molar-refractivity contribution in [2.24, 2.45) is 0 Å². The van der Waals surface area contributed by atoms with Gasteiger partial charge in [-0.2, -0.15) is 0 Å². The quantitative estimate of drug-likeness (QED) is 0.541. The first-order chi connectivity index (χ1) is 11.6. The standard InChI is InChI=1S/C19H23N.2C2H6/c1-5-10-19(17-13-8-6-11-15(17)2)20(4)18-14-9-7-12-16(18)3;2*1-2/h5-14,19H,1-4H3;2*1-2H3/b10-5-;;. The fourth-order valence-corrected chi connectivity index (χ4v) is 2.65. The van der Waals surface area contributed by atoms with Gasteiger partial charge in [-0.1, -0.05) is 82.3 Å². The molecule has 2 aromatic rings. The summed E-state index contributed by atoms with van der Waals surface area (Å²) in [6.45, 7) is 14.4. The first-order valence-electron chi connectivity index (χ1n) is 9.12. The number of para-hydroxylation sites is 1. The normalized spacial score (nSPS) is 11.0. The molecular weight excluding hydrogens is 290 g/mol. The summed E-state index contributed by atoms with van der Waals surface area (Å²) in [6.07, 6.45) is 4.39. The van der Waals surface area contributed by atoms with E-state index in [1.54, 1.807) is 0 Å². The number of hydrogen-bond acceptors (Lipinski definition) is 1. The summed E-state index contributed by atoms with van der Waals surface area (Å²) in [4.78, 5) is 2.34. The lowest BCUT2D eigenvalue weighted by atomic mass is 9.98. The molecule has 0 bridgehead atoms. The van der Waals surface area contributed by atoms with Crippen molar-refractivity contribution >= 4 is 5.69 Å². The Balaban J connectivity index is 0.00000123. The van der Waals surface area contributed by atoms with Gasteiger partial charge in [0.15, 0.2) is 0 Å². The Hall–Kier alpha value is -2.02. The monoisotopic (exact) mass is 325 g/mol. The Bertz CT molecular complexity index is 598. The fraction of sp³-hybridized carbons (Fsp3) is 0.391. The summed E-state index contributed by atoms with van der Waals surface area (Å²) in [5.41, 5.74) is 5.27. The number of likely N-dealkylation sites (N-methyl/N-ethyl adjacent to an activating group) is 1. The molecule has 132 valence electrons. The highest BCUT2D eigenvalue weighted by Gasteiger charge is 2.17. The minimum atomic E-state index is 0.266. The Morgan fingerprint density at radius 2 is 1.29 bits per heavy atom. The topological polar surface area (TPSA) is 3.24 Å². The fourth-order valence-electron chi connectivity index (χ4n) is 2.65. The smallest absolute Gasteiger partial charge is 0.0725 e. The van der Waals surface area contributed by atoms with E-state index in [-0.39, 0.29) is 6.04 Å². The molecule has 0 aliphatic rings. The summed E-state index contributed by atoms with van der Waals surface area (Å²) in [6, 6.07) is 17.4. The van der Waals surface area contributed by atoms with Gasteiger partial charge in [0.1, 0.15) is 0 Å². The summed E-state index contributed by atoms with van der Waals surface area (Å²) < 4.78 is 0. The van der Waals surface area contributed by atoms with Crippen molar-refractivity contribution in [3.63, 3.8) is 0 Å². The van der Waals surface area contributed by atoms with Gasteiger partial charge in [-0.15, -0.1) is 0 Å². The highest BCUT2D eigenvalue weighted by atomic mass is 15.1. The van der Waals surface area contributed by atoms with Gasteiger partial charge in [-0.05, 0) is 43.5 Å². The average Bonchev–Trinajstić information content (AvgIpc) is 2.64. The van der Waals surface area contributed by atoms with E-state index in [0.29, 0.717) is 0 Å². The molecule has 0 spiro atoms. The molecule has 0 N–H and O–H groups in total. The van der Waals surface area contributed by atoms with Crippen molar-refractivity contribution in [2.45, 2.75) is 54.5 Å². The molecule has 1 unspecified atom stereocenters. The van der Waals surface area contributed by atoms with Crippen LogP contribution in [-0.2, 0) is 0 Å². The minimum Gasteiger partial charge on any atom is -0.364 e. The van der Waals surface area contributed by atoms with Gasteiger partial charge in [-0.3, -0.25) is 0 Å². The number of aryl methyl sites for hydroxylation is 2. The van der Waals surface area contributed by atoms with Crippen LogP contribution in [0.1, 0.15) is 57.4 Å². The maximum atomic E-state index is 2.34. The Kier molecular flexibility index (Phi) is 11.4. The van der Waals surface area contributed by atoms with Gasteiger partial charge in [-0.25, -0.2) is 0 Å². The van der Waals surface area contributed by atoms with Crippen LogP contribution >= 0.6 is 0 Å². The van der Waals surface area contributed by atoms with Crippen LogP contribution in [0.25, 0.3) is 0 Å². The highest BCUT2D eigenvalue weighted by molar-refractivity contribution is 5.55. The van der Waals surface area contributed by atoms with Crippen LogP contribution in [0.2, 0.25) is 0 Å². The lowest BCUT2D eigenvalue weighted by molar-refractivity contribution is 0.799. The van der Waals surface area contributed by atoms with Gasteiger partial charge in [0.2, 0.25) is 0 Å². The van der Waals surface area contributed by atoms with Crippen LogP contribution in [0.5, 0.6) is 0 Å². The maximum absolute atomic E-state index is 2.34. The largest absolute Gasteiger partial charge is 0.364 e. The van der Waals surface area contributed by atoms with Crippen molar-refractivity contribution < 1.29 is 0 Å². The van der Waals surface area contributed by atoms with E-state index in [9.17, 15) is 0 Å². The predicted octanol–water partition coefficient (Wildman–Crippen LogP) is 7.11. The van der Waals surface area contributed by atoms with E-state index in [4.69, 9.17) is 0 Å². The van der Waals surface area contributed by atoms with Crippen LogP contribution in [0, 0.1) is 13.8 Å². The van der Waals surface area contributed by atoms with Crippen molar-refractivity contribution in [1.29, 1.82) is 0 Å². The molecule has 1 atom stereocenters. The highest BCUT2D eigenvalue weighted by Crippen LogP contribution is 2.30. The molecule has 2 aromatic carbocycles. The summed E-state index contributed by atoms with van der Waals surface area (Å²) in [7, 11) is 2.17. The number of allylic oxidation sites excluding steroid dienone is 1. The predicted molar refractivity (Wildman–Crippen MR) is 111 cm³/mol. The first-order valence-corrected chi connectivity index (χ1v) is 9.12. The maximum Gasteiger partial charge on any atom is 0.0725 e. The Morgan fingerprint density at radius 1 is 0.792 bits per heavy atom. The molecule has 1 nitrogen and oxygen atoms in total. The third-order valence-corrected chi connectivity index (χ3v) is 3.79. The zero-order valence-corrected chi connectivity index (χ0v) is 16.8. The summed E-state index contributed by atoms with van der Waals surface area (Å²) in [5.74, 6) is 0. The molecule has 0 amide bonds. The molecule has 0 aromatic heterocycles. The Labute approximate surface area is 150 Å². The third kappa shape index (κ3) is 5.88. The molecule has 0 fully saturated rings. The second-order valence-electron chi connectivity index (χ2n) is 5.22. The number of anilines is 1. The zero-order valence-electron chi connectivity index (χ0n) is 16.8. The van der Waals surface area contributed by atoms with Crippen molar-refractivity contribution in [3.8, 4) is 0 Å². The van der Waals surface area contributed by atoms with E-state index >= 15 is 0 Å². The van der Waals surface area contributed by atoms with Crippen molar-refractivity contribution in [3.05, 3.63) is 77.4 Å². The van der Waals surface area contributed by atoms with E-state index in [0.717, 1.165) is 0 Å². The molecule has 24 heavy (non-hydrogen) atoms. The molecule has 0 radical (unpaired) electrons. The molecule has 0 saturated heterocycles. The van der Waals surface area contributed by atoms with Gasteiger partial charge < -0.3 is 4.90 Å². The molecule has 1 heteroatoms. The minimum absolute atomic E-state index is 0.266. The van der Waals surface area contributed by atoms with Crippen LogP contribution in [-0.4, -0.2) is 7.05 Å². The van der Waals surface area contributed by atoms with Crippen LogP contribution in [0.15, 0.2) is 60.7 Å². The van der Waals surface area contributed by atoms with E-state index in [1.165, 1.54) is 22.4 Å². The Morgan fingerprint density at radius 3 is 1.79 bits per heavy atom. The van der Waals surface area contributed by atoms with Gasteiger partial charge in [0.05, 0.1) is 6.04 Å². The van der Waals surface area contributed by atoms with Crippen LogP contribution in [0.3, 0.4) is 0 Å². The molecule has 0 aliphatic carbocycles. The summed E-state index contributed by atoms with van der Waals surface area (Å²) in [5, 5.41) is 0. The SMILES string of the molecule is C/C=C\C(c1ccccc1C)N(C)c1ccccc1C.CC.CC. The second-order valence-corrected chi connectivity index (χ2v) is 5.22. The summed E-state index contributed by atoms with van der Waals surface area (Å²) >= 11 is 0. The van der Waals surface area contributed by atoms with Crippen molar-refractivity contribution in [2.75, 3.05) is 11.9 Å². The second kappa shape index (κ2) is 12.4. The van der Waals surface area contributed by atoms with E-state index in [2.05, 4.69) is 93.4 Å². The lowest BCUT2D eigenvalue weighted by Gasteiger charge is -2.30. The van der Waals surface area contributed by atoms with Crippen LogP contribution < -0.4 is 4.90 Å². The van der Waals surface area contributed by atoms with Gasteiger partial charge in [0, 0.05) is 12.7 Å². The number of rotatable bonds is 4. The third-order valence-electron chi connectivity index (χ3n) is 3.79. The first kappa shape index (κ1) is 22.0. The van der Waals surface area contributed by atoms with Gasteiger partial charge >= 0.3 is 0 Å². The molecule has 2 rings (SSSR count). The number of hydrogen-bond donors (Lipinski definition) is 0. The van der Waals surface area contributed by atoms with E-state index in [1.807, 2.05) is 27.7 Å². The van der Waals surface area contributed by atoms with Crippen molar-refractivity contribution in [1.82, 2.24) is 0 Å². The average molecular weight is 326 g/mol. The van der Waals surface area contributed by atoms with E-state index < -0.39 is 0 Å². The van der Waals surface area contributed by atoms with Gasteiger partial charge in [0.25, 0.3) is 0 Å². The molecule has 0 aliphatic heterocycles. The number of benzene rings is 2. The molecular formula is C23H35N. The molecule has 0 heterocycles.